The van der Waals surface area contributed by atoms with Gasteiger partial charge in [-0.05, 0) is 56.0 Å². The molecule has 2 amide bonds. The molecule has 0 bridgehead atoms. The van der Waals surface area contributed by atoms with Crippen LogP contribution in [-0.2, 0) is 31.3 Å². The van der Waals surface area contributed by atoms with Crippen molar-refractivity contribution in [1.29, 1.82) is 0 Å². The van der Waals surface area contributed by atoms with Gasteiger partial charge in [0.05, 0.1) is 11.4 Å². The maximum absolute atomic E-state index is 13.5. The van der Waals surface area contributed by atoms with E-state index in [0.29, 0.717) is 31.7 Å². The molecule has 2 fully saturated rings. The van der Waals surface area contributed by atoms with Gasteiger partial charge in [0, 0.05) is 29.2 Å². The molecule has 18 heteroatoms. The molecule has 2 aromatic carbocycles. The third-order valence-electron chi connectivity index (χ3n) is 8.15. The number of hydrogen-bond acceptors (Lipinski definition) is 8. The Morgan fingerprint density at radius 3 is 2.10 bits per heavy atom. The molecule has 0 radical (unpaired) electrons. The summed E-state index contributed by atoms with van der Waals surface area (Å²) in [6.45, 7) is 2.86. The SMILES string of the molecule is Cc1cc(COc2ccc(C3(N)CCN([C@H]4CCCC[C@@H]4C(=O)NO)C3=O)cc2)c2ccccc2n1.O=C(O)C(F)(F)F.O=C(O)C(F)(F)F. The summed E-state index contributed by atoms with van der Waals surface area (Å²) in [6.07, 6.45) is -6.47. The largest absolute Gasteiger partial charge is 0.490 e. The molecule has 1 aliphatic carbocycles. The molecule has 3 atom stereocenters. The van der Waals surface area contributed by atoms with E-state index in [4.69, 9.17) is 35.5 Å². The normalized spacial score (nSPS) is 20.6. The van der Waals surface area contributed by atoms with Gasteiger partial charge in [-0.3, -0.25) is 19.8 Å². The number of carbonyl (C=O) groups is 4. The Morgan fingerprint density at radius 2 is 1.54 bits per heavy atom. The number of rotatable bonds is 6. The summed E-state index contributed by atoms with van der Waals surface area (Å²) in [6, 6.07) is 17.2. The van der Waals surface area contributed by atoms with Crippen molar-refractivity contribution in [3.05, 3.63) is 71.4 Å². The minimum absolute atomic E-state index is 0.169. The average molecular weight is 717 g/mol. The van der Waals surface area contributed by atoms with Crippen LogP contribution in [0.4, 0.5) is 26.3 Å². The van der Waals surface area contributed by atoms with E-state index in [9.17, 15) is 35.9 Å². The second kappa shape index (κ2) is 16.2. The molecule has 6 N–H and O–H groups in total. The number of fused-ring (bicyclic) bond motifs is 1. The summed E-state index contributed by atoms with van der Waals surface area (Å²) >= 11 is 0. The molecule has 272 valence electrons. The number of alkyl halides is 6. The third kappa shape index (κ3) is 9.81. The smallest absolute Gasteiger partial charge is 0.489 e. The lowest BCUT2D eigenvalue weighted by Gasteiger charge is -2.37. The van der Waals surface area contributed by atoms with Crippen molar-refractivity contribution in [2.45, 2.75) is 69.6 Å². The minimum atomic E-state index is -5.08. The van der Waals surface area contributed by atoms with E-state index in [1.54, 1.807) is 10.4 Å². The monoisotopic (exact) mass is 716 g/mol. The van der Waals surface area contributed by atoms with Crippen LogP contribution in [0.5, 0.6) is 5.75 Å². The standard InChI is InChI=1S/C28H32N4O4.2C2HF3O2/c1-18-16-19(22-6-2-4-8-24(22)30-18)17-36-21-12-10-20(11-13-21)28(29)14-15-32(27(28)34)25-9-5-3-7-23(25)26(33)31-35;2*3-2(4,5)1(6)7/h2,4,6,8,10-13,16,23,25,35H,3,5,7,9,14-15,17,29H2,1H3,(H,31,33);2*(H,6,7)/t23-,25-,28?;;/m0../s1. The van der Waals surface area contributed by atoms with Gasteiger partial charge in [-0.15, -0.1) is 0 Å². The molecule has 1 saturated carbocycles. The van der Waals surface area contributed by atoms with Gasteiger partial charge in [-0.25, -0.2) is 15.1 Å². The molecule has 5 rings (SSSR count). The number of carboxylic acid groups (broad SMARTS) is 2. The summed E-state index contributed by atoms with van der Waals surface area (Å²) in [5.41, 5.74) is 11.0. The number of aromatic nitrogens is 1. The number of ether oxygens (including phenoxy) is 1. The topological polar surface area (TPSA) is 192 Å². The van der Waals surface area contributed by atoms with Gasteiger partial charge in [0.15, 0.2) is 0 Å². The first-order valence-corrected chi connectivity index (χ1v) is 15.0. The number of para-hydroxylation sites is 1. The van der Waals surface area contributed by atoms with Gasteiger partial charge in [-0.2, -0.15) is 26.3 Å². The molecule has 2 heterocycles. The summed E-state index contributed by atoms with van der Waals surface area (Å²) in [4.78, 5) is 49.8. The number of carbonyl (C=O) groups excluding carboxylic acids is 2. The Bertz CT molecular complexity index is 1660. The van der Waals surface area contributed by atoms with Gasteiger partial charge in [0.2, 0.25) is 11.8 Å². The number of nitrogens with one attached hydrogen (secondary N) is 1. The summed E-state index contributed by atoms with van der Waals surface area (Å²) < 4.78 is 69.5. The highest BCUT2D eigenvalue weighted by Crippen LogP contribution is 2.38. The molecule has 3 aromatic rings. The number of benzene rings is 2. The lowest BCUT2D eigenvalue weighted by Crippen LogP contribution is -2.52. The predicted octanol–water partition coefficient (Wildman–Crippen LogP) is 4.84. The second-order valence-electron chi connectivity index (χ2n) is 11.5. The van der Waals surface area contributed by atoms with Crippen molar-refractivity contribution in [1.82, 2.24) is 15.4 Å². The predicted molar refractivity (Wildman–Crippen MR) is 163 cm³/mol. The highest BCUT2D eigenvalue weighted by atomic mass is 19.4. The lowest BCUT2D eigenvalue weighted by atomic mass is 9.82. The number of aryl methyl sites for hydroxylation is 1. The van der Waals surface area contributed by atoms with Crippen LogP contribution >= 0.6 is 0 Å². The van der Waals surface area contributed by atoms with Crippen molar-refractivity contribution in [2.75, 3.05) is 6.54 Å². The zero-order chi connectivity index (χ0) is 37.4. The van der Waals surface area contributed by atoms with E-state index in [2.05, 4.69) is 4.98 Å². The van der Waals surface area contributed by atoms with Gasteiger partial charge in [0.1, 0.15) is 17.9 Å². The van der Waals surface area contributed by atoms with Crippen molar-refractivity contribution >= 4 is 34.7 Å². The highest BCUT2D eigenvalue weighted by molar-refractivity contribution is 5.91. The maximum Gasteiger partial charge on any atom is 0.490 e. The Balaban J connectivity index is 0.000000408. The zero-order valence-corrected chi connectivity index (χ0v) is 26.4. The van der Waals surface area contributed by atoms with E-state index in [1.165, 1.54) is 0 Å². The fraction of sp³-hybridized carbons (Fsp3) is 0.406. The maximum atomic E-state index is 13.5. The molecule has 50 heavy (non-hydrogen) atoms. The third-order valence-corrected chi connectivity index (χ3v) is 8.15. The first kappa shape index (κ1) is 39.5. The first-order valence-electron chi connectivity index (χ1n) is 15.0. The highest BCUT2D eigenvalue weighted by Gasteiger charge is 2.49. The Morgan fingerprint density at radius 1 is 0.980 bits per heavy atom. The molecular formula is C32H34F6N4O8. The van der Waals surface area contributed by atoms with Crippen LogP contribution in [0, 0.1) is 12.8 Å². The Kier molecular flexibility index (Phi) is 12.8. The lowest BCUT2D eigenvalue weighted by molar-refractivity contribution is -0.193. The van der Waals surface area contributed by atoms with Gasteiger partial charge >= 0.3 is 24.3 Å². The quantitative estimate of drug-likeness (QED) is 0.134. The van der Waals surface area contributed by atoms with Crippen molar-refractivity contribution in [3.63, 3.8) is 0 Å². The molecule has 1 saturated heterocycles. The average Bonchev–Trinajstić information content (AvgIpc) is 3.37. The van der Waals surface area contributed by atoms with Gasteiger partial charge < -0.3 is 25.6 Å². The molecule has 1 aromatic heterocycles. The van der Waals surface area contributed by atoms with Crippen LogP contribution in [0.2, 0.25) is 0 Å². The van der Waals surface area contributed by atoms with Crippen LogP contribution < -0.4 is 16.0 Å². The van der Waals surface area contributed by atoms with Crippen LogP contribution in [0.3, 0.4) is 0 Å². The number of nitrogens with zero attached hydrogens (tertiary/aromatic N) is 2. The Labute approximate surface area is 280 Å². The van der Waals surface area contributed by atoms with E-state index >= 15 is 0 Å². The van der Waals surface area contributed by atoms with Crippen LogP contribution in [0.1, 0.15) is 48.9 Å². The molecule has 0 spiro atoms. The molecular weight excluding hydrogens is 682 g/mol. The molecule has 12 nitrogen and oxygen atoms in total. The van der Waals surface area contributed by atoms with Crippen LogP contribution in [0.25, 0.3) is 10.9 Å². The number of aliphatic carboxylic acids is 2. The van der Waals surface area contributed by atoms with Crippen molar-refractivity contribution in [3.8, 4) is 5.75 Å². The van der Waals surface area contributed by atoms with Crippen molar-refractivity contribution < 1.29 is 65.7 Å². The van der Waals surface area contributed by atoms with E-state index < -0.39 is 41.7 Å². The number of carboxylic acids is 2. The molecule has 1 aliphatic heterocycles. The van der Waals surface area contributed by atoms with Crippen LogP contribution in [-0.4, -0.2) is 74.0 Å². The Hall–Kier alpha value is -4.97. The number of hydroxylamine groups is 1. The van der Waals surface area contributed by atoms with E-state index in [0.717, 1.165) is 47.0 Å². The zero-order valence-electron chi connectivity index (χ0n) is 26.4. The first-order chi connectivity index (χ1) is 23.3. The molecule has 1 unspecified atom stereocenters. The van der Waals surface area contributed by atoms with Crippen LogP contribution in [0.15, 0.2) is 54.6 Å². The second-order valence-corrected chi connectivity index (χ2v) is 11.5. The van der Waals surface area contributed by atoms with E-state index in [1.807, 2.05) is 61.5 Å². The number of pyridine rings is 1. The van der Waals surface area contributed by atoms with Gasteiger partial charge in [-0.1, -0.05) is 43.2 Å². The fourth-order valence-corrected chi connectivity index (χ4v) is 5.74. The number of likely N-dealkylation sites (tertiary alicyclic amines) is 1. The number of hydrogen-bond donors (Lipinski definition) is 5. The van der Waals surface area contributed by atoms with E-state index in [-0.39, 0.29) is 11.9 Å². The minimum Gasteiger partial charge on any atom is -0.489 e. The van der Waals surface area contributed by atoms with Gasteiger partial charge in [0.25, 0.3) is 0 Å². The number of amides is 2. The molecule has 2 aliphatic rings. The summed E-state index contributed by atoms with van der Waals surface area (Å²) in [5.74, 6) is -5.84. The summed E-state index contributed by atoms with van der Waals surface area (Å²) in [7, 11) is 0. The number of nitrogens with two attached hydrogens (primary N) is 1. The fourth-order valence-electron chi connectivity index (χ4n) is 5.74. The van der Waals surface area contributed by atoms with Crippen molar-refractivity contribution in [2.24, 2.45) is 11.7 Å². The summed E-state index contributed by atoms with van der Waals surface area (Å²) in [5, 5.41) is 24.5. The number of halogens is 6.